The number of amides is 2. The summed E-state index contributed by atoms with van der Waals surface area (Å²) >= 11 is 0. The van der Waals surface area contributed by atoms with E-state index in [1.807, 2.05) is 0 Å². The molecule has 0 bridgehead atoms. The van der Waals surface area contributed by atoms with Crippen molar-refractivity contribution >= 4 is 74.4 Å². The Labute approximate surface area is 550 Å². The summed E-state index contributed by atoms with van der Waals surface area (Å²) in [5, 5.41) is 41.7. The van der Waals surface area contributed by atoms with E-state index in [1.165, 1.54) is 6.92 Å². The molecule has 0 saturated carbocycles. The molecule has 81 heavy (non-hydrogen) atoms. The monoisotopic (exact) mass is 1250 g/mol. The second-order valence-electron chi connectivity index (χ2n) is 17.1. The largest absolute Gasteiger partial charge is 1.00 e. The summed E-state index contributed by atoms with van der Waals surface area (Å²) in [5.74, 6) is -12.3. The molecule has 4 aliphatic rings. The Morgan fingerprint density at radius 1 is 0.481 bits per heavy atom. The molecule has 41 heteroatoms. The van der Waals surface area contributed by atoms with Gasteiger partial charge in [0.1, 0.15) is 92.4 Å². The molecule has 0 spiro atoms. The van der Waals surface area contributed by atoms with Crippen LogP contribution in [0.1, 0.15) is 55.4 Å². The van der Waals surface area contributed by atoms with Crippen LogP contribution in [0, 0.1) is 0 Å². The van der Waals surface area contributed by atoms with Gasteiger partial charge < -0.3 is 106 Å². The van der Waals surface area contributed by atoms with Crippen molar-refractivity contribution in [3.05, 3.63) is 0 Å². The van der Waals surface area contributed by atoms with Gasteiger partial charge in [-0.1, -0.05) is 0 Å². The molecule has 20 atom stereocenters. The number of aliphatic carboxylic acids is 2. The van der Waals surface area contributed by atoms with E-state index in [0.717, 1.165) is 55.6 Å². The van der Waals surface area contributed by atoms with E-state index in [1.54, 1.807) is 0 Å². The fourth-order valence-corrected chi connectivity index (χ4v) is 9.53. The molecule has 4 heterocycles. The van der Waals surface area contributed by atoms with Gasteiger partial charge in [0, 0.05) is 55.6 Å². The Kier molecular flexibility index (Phi) is 34.2. The van der Waals surface area contributed by atoms with E-state index in [-0.39, 0.29) is 118 Å². The fourth-order valence-electron chi connectivity index (χ4n) is 8.52. The van der Waals surface area contributed by atoms with Gasteiger partial charge in [0.2, 0.25) is 32.6 Å². The van der Waals surface area contributed by atoms with Crippen molar-refractivity contribution in [3.63, 3.8) is 0 Å². The summed E-state index contributed by atoms with van der Waals surface area (Å²) < 4.78 is 155. The van der Waals surface area contributed by atoms with Gasteiger partial charge in [-0.25, -0.2) is 16.8 Å². The molecule has 438 valence electrons. The first kappa shape index (κ1) is 79.6. The Morgan fingerprint density at radius 2 is 0.852 bits per heavy atom. The van der Waals surface area contributed by atoms with Crippen LogP contribution in [0.2, 0.25) is 0 Å². The predicted molar refractivity (Wildman–Crippen MR) is 226 cm³/mol. The maximum atomic E-state index is 13.3. The predicted octanol–water partition coefficient (Wildman–Crippen LogP) is -20.4. The van der Waals surface area contributed by atoms with Crippen molar-refractivity contribution in [3.8, 4) is 0 Å². The van der Waals surface area contributed by atoms with Gasteiger partial charge in [-0.2, -0.15) is 0 Å². The molecule has 3 N–H and O–H groups in total. The number of carbonyl (C=O) groups is 9. The van der Waals surface area contributed by atoms with Crippen molar-refractivity contribution in [2.24, 2.45) is 0 Å². The average Bonchev–Trinajstić information content (AvgIpc) is 3.27. The fraction of sp³-hybridized carbons (Fsp3) is 0.775. The number of carboxylic acids is 2. The number of esters is 5. The van der Waals surface area contributed by atoms with E-state index < -0.39 is 210 Å². The van der Waals surface area contributed by atoms with Crippen molar-refractivity contribution in [1.82, 2.24) is 10.6 Å². The minimum absolute atomic E-state index is 0. The molecule has 0 aromatic heterocycles. The van der Waals surface area contributed by atoms with Gasteiger partial charge in [0.15, 0.2) is 37.2 Å². The van der Waals surface area contributed by atoms with Crippen LogP contribution in [0.25, 0.3) is 0 Å². The molecule has 0 aromatic rings. The van der Waals surface area contributed by atoms with Gasteiger partial charge in [-0.15, -0.1) is 0 Å². The van der Waals surface area contributed by atoms with Gasteiger partial charge in [-0.3, -0.25) is 41.9 Å². The Hall–Kier alpha value is -1.39. The van der Waals surface area contributed by atoms with Gasteiger partial charge >= 0.3 is 148 Å². The number of hydrogen-bond acceptors (Lipinski definition) is 33. The molecule has 0 aromatic carbocycles. The number of methoxy groups -OCH3 is 1. The van der Waals surface area contributed by atoms with Crippen molar-refractivity contribution in [2.75, 3.05) is 20.3 Å². The normalized spacial score (nSPS) is 33.7. The second-order valence-corrected chi connectivity index (χ2v) is 19.1. The van der Waals surface area contributed by atoms with E-state index in [2.05, 4.69) is 14.8 Å². The molecule has 0 radical (unpaired) electrons. The Morgan fingerprint density at radius 3 is 1.23 bits per heavy atom. The number of ether oxygens (including phenoxy) is 13. The van der Waals surface area contributed by atoms with E-state index >= 15 is 0 Å². The molecular formula is C40H54N2Na4O33S2. The molecule has 35 nitrogen and oxygen atoms in total. The van der Waals surface area contributed by atoms with Crippen LogP contribution < -0.4 is 139 Å². The standard InChI is InChI=1S/C40H58N2O33S2.4Na/c1-12-25(65-17(6)47)24(50)30(33(64-12)36(51)52)71-39-23(42-14(3)44)29(27(75-77(58,59)60)21(69-39)11-63-16(5)46)70-40-35(67-19(8)49)32(66-18(7)48)31(34(73-40)37(53)54)72-38-22(41-13(2)43)28(61-9)26(74-76(55,56)57)20(68-38)10-62-15(4)45;;;;/h12,20-35,38-40,50H,10-11H2,1-9H3,(H,41,43)(H,42,44)(H,51,52)(H,53,54)(H,55,56,57)(H,58,59,60);;;;/q;4*+1/p-4. The third kappa shape index (κ3) is 23.3. The first-order valence-corrected chi connectivity index (χ1v) is 25.1. The SMILES string of the molecule is COC1C(NC(C)=O)C(OC2C(C(=O)[O-])OC(OC3C(NC(C)=O)C(OC4C(C(=O)[O-])OC(C)C(OC(C)=O)C4O)OC(COC(C)=O)C3OS(=O)(=O)[O-])C(OC(C)=O)C2OC(C)=O)OC(COC(C)=O)C1OS(=O)(=O)[O-].[Na+].[Na+].[Na+].[Na+]. The summed E-state index contributed by atoms with van der Waals surface area (Å²) in [5.41, 5.74) is 0. The molecule has 4 saturated heterocycles. The first-order valence-electron chi connectivity index (χ1n) is 22.4. The molecule has 20 unspecified atom stereocenters. The number of aliphatic hydroxyl groups is 1. The summed E-state index contributed by atoms with van der Waals surface area (Å²) in [6.07, 6.45) is -40.4. The molecule has 4 rings (SSSR count). The van der Waals surface area contributed by atoms with Gasteiger partial charge in [-0.05, 0) is 6.92 Å². The van der Waals surface area contributed by atoms with E-state index in [4.69, 9.17) is 65.8 Å². The van der Waals surface area contributed by atoms with Crippen molar-refractivity contribution < 1.29 is 273 Å². The van der Waals surface area contributed by atoms with Gasteiger partial charge in [0.05, 0.1) is 18.0 Å². The Bertz CT molecular complexity index is 2430. The van der Waals surface area contributed by atoms with Crippen LogP contribution >= 0.6 is 0 Å². The molecule has 0 aliphatic carbocycles. The number of hydrogen-bond donors (Lipinski definition) is 3. The number of rotatable bonds is 22. The third-order valence-electron chi connectivity index (χ3n) is 11.2. The summed E-state index contributed by atoms with van der Waals surface area (Å²) in [6, 6.07) is -4.16. The van der Waals surface area contributed by atoms with Crippen molar-refractivity contribution in [1.29, 1.82) is 0 Å². The molecule has 2 amide bonds. The van der Waals surface area contributed by atoms with Crippen LogP contribution in [0.5, 0.6) is 0 Å². The van der Waals surface area contributed by atoms with Crippen LogP contribution in [0.3, 0.4) is 0 Å². The van der Waals surface area contributed by atoms with Crippen LogP contribution in [-0.4, -0.2) is 227 Å². The average molecular weight is 1250 g/mol. The zero-order chi connectivity index (χ0) is 58.2. The van der Waals surface area contributed by atoms with E-state index in [9.17, 15) is 84.4 Å². The van der Waals surface area contributed by atoms with E-state index in [0.29, 0.717) is 0 Å². The zero-order valence-corrected chi connectivity index (χ0v) is 55.4. The summed E-state index contributed by atoms with van der Waals surface area (Å²) in [7, 11) is -10.8. The maximum Gasteiger partial charge on any atom is 1.00 e. The number of carbonyl (C=O) groups excluding carboxylic acids is 9. The quantitative estimate of drug-likeness (QED) is 0.0298. The number of aliphatic hydroxyl groups excluding tert-OH is 1. The number of carboxylic acid groups (broad SMARTS) is 2. The van der Waals surface area contributed by atoms with Crippen molar-refractivity contribution in [2.45, 2.75) is 178 Å². The maximum absolute atomic E-state index is 13.3. The second kappa shape index (κ2) is 34.8. The minimum atomic E-state index is -6.04. The van der Waals surface area contributed by atoms with Crippen LogP contribution in [0.15, 0.2) is 0 Å². The molecule has 4 fully saturated rings. The zero-order valence-electron chi connectivity index (χ0n) is 45.8. The minimum Gasteiger partial charge on any atom is -0.726 e. The smallest absolute Gasteiger partial charge is 0.726 e. The summed E-state index contributed by atoms with van der Waals surface area (Å²) in [6.45, 7) is 4.89. The molecule has 4 aliphatic heterocycles. The number of nitrogens with one attached hydrogen (secondary N) is 2. The molecular weight excluding hydrogens is 1190 g/mol. The summed E-state index contributed by atoms with van der Waals surface area (Å²) in [4.78, 5) is 113. The van der Waals surface area contributed by atoms with Crippen LogP contribution in [0.4, 0.5) is 0 Å². The first-order chi connectivity index (χ1) is 35.6. The topological polar surface area (TPSA) is 497 Å². The van der Waals surface area contributed by atoms with Gasteiger partial charge in [0.25, 0.3) is 0 Å². The Balaban J connectivity index is 0.0000160. The van der Waals surface area contributed by atoms with Crippen LogP contribution in [-0.2, 0) is 134 Å². The third-order valence-corrected chi connectivity index (χ3v) is 12.1.